The van der Waals surface area contributed by atoms with Crippen molar-refractivity contribution in [1.29, 1.82) is 5.26 Å². The number of likely N-dealkylation sites (tertiary alicyclic amines) is 2. The van der Waals surface area contributed by atoms with Crippen LogP contribution in [-0.4, -0.2) is 81.4 Å². The molecule has 1 aromatic heterocycles. The molecule has 210 valence electrons. The van der Waals surface area contributed by atoms with E-state index in [1.807, 2.05) is 60.9 Å². The molecule has 0 aromatic carbocycles. The van der Waals surface area contributed by atoms with Gasteiger partial charge in [-0.1, -0.05) is 0 Å². The van der Waals surface area contributed by atoms with Gasteiger partial charge in [0.05, 0.1) is 18.3 Å². The minimum Gasteiger partial charge on any atom is -0.444 e. The molecule has 38 heavy (non-hydrogen) atoms. The number of hydrogen-bond donors (Lipinski definition) is 0. The van der Waals surface area contributed by atoms with Gasteiger partial charge in [0.2, 0.25) is 0 Å². The Balaban J connectivity index is 0.000000186. The van der Waals surface area contributed by atoms with Crippen LogP contribution < -0.4 is 0 Å². The molecule has 4 fully saturated rings. The zero-order chi connectivity index (χ0) is 27.9. The van der Waals surface area contributed by atoms with Gasteiger partial charge in [-0.3, -0.25) is 13.0 Å². The average Bonchev–Trinajstić information content (AvgIpc) is 3.11. The first kappa shape index (κ1) is 28.5. The molecule has 1 saturated carbocycles. The number of hydrogen-bond acceptors (Lipinski definition) is 9. The number of carbonyl (C=O) groups is 2. The summed E-state index contributed by atoms with van der Waals surface area (Å²) in [6, 6.07) is 4.39. The monoisotopic (exact) mass is 549 g/mol. The number of nitrogens with zero attached hydrogens (tertiary/aromatic N) is 5. The molecule has 12 heteroatoms. The quantitative estimate of drug-likeness (QED) is 0.478. The van der Waals surface area contributed by atoms with Gasteiger partial charge in [-0.2, -0.15) is 10.4 Å². The second-order valence-electron chi connectivity index (χ2n) is 12.3. The molecule has 0 radical (unpaired) electrons. The topological polar surface area (TPSA) is 119 Å². The average molecular weight is 550 g/mol. The lowest BCUT2D eigenvalue weighted by Gasteiger charge is -2.33. The number of piperidine rings is 2. The highest BCUT2D eigenvalue weighted by Gasteiger charge is 2.69. The van der Waals surface area contributed by atoms with Gasteiger partial charge in [0.15, 0.2) is 12.3 Å². The van der Waals surface area contributed by atoms with E-state index >= 15 is 0 Å². The van der Waals surface area contributed by atoms with Crippen molar-refractivity contribution >= 4 is 24.5 Å². The van der Waals surface area contributed by atoms with E-state index < -0.39 is 16.6 Å². The first-order chi connectivity index (χ1) is 17.7. The molecule has 2 amide bonds. The highest BCUT2D eigenvalue weighted by atomic mass is 32.2. The summed E-state index contributed by atoms with van der Waals surface area (Å²) in [5.41, 5.74) is -0.642. The molecular weight excluding hydrogens is 510 g/mol. The zero-order valence-electron chi connectivity index (χ0n) is 23.3. The molecule has 1 aromatic rings. The van der Waals surface area contributed by atoms with E-state index in [4.69, 9.17) is 17.8 Å². The van der Waals surface area contributed by atoms with Crippen LogP contribution in [0.3, 0.4) is 0 Å². The van der Waals surface area contributed by atoms with Crippen LogP contribution in [-0.2, 0) is 30.3 Å². The Morgan fingerprint density at radius 3 is 2.13 bits per heavy atom. The number of aromatic nitrogens is 2. The van der Waals surface area contributed by atoms with E-state index in [2.05, 4.69) is 11.2 Å². The van der Waals surface area contributed by atoms with Gasteiger partial charge in [-0.15, -0.1) is 0 Å². The summed E-state index contributed by atoms with van der Waals surface area (Å²) in [6.07, 6.45) is 3.03. The van der Waals surface area contributed by atoms with Gasteiger partial charge in [-0.25, -0.2) is 9.59 Å². The Morgan fingerprint density at radius 2 is 1.58 bits per heavy atom. The predicted molar refractivity (Wildman–Crippen MR) is 140 cm³/mol. The van der Waals surface area contributed by atoms with Crippen LogP contribution in [0.4, 0.5) is 9.59 Å². The molecule has 0 bridgehead atoms. The number of rotatable bonds is 1. The molecule has 4 aliphatic rings. The van der Waals surface area contributed by atoms with Gasteiger partial charge in [0, 0.05) is 38.8 Å². The fourth-order valence-electron chi connectivity index (χ4n) is 5.31. The van der Waals surface area contributed by atoms with Gasteiger partial charge >= 0.3 is 12.2 Å². The fourth-order valence-corrected chi connectivity index (χ4v) is 5.96. The molecule has 11 nitrogen and oxygen atoms in total. The van der Waals surface area contributed by atoms with Crippen LogP contribution in [0, 0.1) is 23.2 Å². The second-order valence-corrected chi connectivity index (χ2v) is 12.9. The number of aryl methyl sites for hydroxylation is 1. The van der Waals surface area contributed by atoms with E-state index in [-0.39, 0.29) is 30.3 Å². The van der Waals surface area contributed by atoms with Crippen molar-refractivity contribution in [3.8, 4) is 6.07 Å². The van der Waals surface area contributed by atoms with Gasteiger partial charge in [0.1, 0.15) is 28.8 Å². The third-order valence-corrected chi connectivity index (χ3v) is 7.78. The molecule has 3 aliphatic heterocycles. The SMILES string of the molecule is CC(C)(C)OC(=O)N1CCC2OSOC2C1.Cn1ccc(C2(C#N)C3CCN(C(=O)OC(C)(C)C)CC32)n1. The third kappa shape index (κ3) is 6.21. The smallest absolute Gasteiger partial charge is 0.410 e. The summed E-state index contributed by atoms with van der Waals surface area (Å²) in [4.78, 5) is 27.4. The number of ether oxygens (including phenoxy) is 2. The lowest BCUT2D eigenvalue weighted by molar-refractivity contribution is -0.000758. The van der Waals surface area contributed by atoms with Crippen LogP contribution >= 0.6 is 12.3 Å². The van der Waals surface area contributed by atoms with Crippen molar-refractivity contribution in [2.75, 3.05) is 26.2 Å². The van der Waals surface area contributed by atoms with Crippen molar-refractivity contribution in [3.05, 3.63) is 18.0 Å². The van der Waals surface area contributed by atoms with Crippen LogP contribution in [0.2, 0.25) is 0 Å². The second kappa shape index (κ2) is 10.6. The standard InChI is InChI=1S/C16H22N4O2.C10H17NO4S/c1-15(2,3)22-14(21)20-8-5-11-12(9-20)16(11,10-17)13-6-7-19(4)18-13;1-10(2,3)13-9(12)11-5-4-7-8(6-11)15-16-14-7/h6-7,11-12H,5,8-9H2,1-4H3;7-8H,4-6H2,1-3H3. The summed E-state index contributed by atoms with van der Waals surface area (Å²) < 4.78 is 23.1. The number of carbonyl (C=O) groups excluding carboxylic acids is 2. The molecule has 0 N–H and O–H groups in total. The van der Waals surface area contributed by atoms with Gasteiger partial charge < -0.3 is 19.3 Å². The molecule has 4 heterocycles. The lowest BCUT2D eigenvalue weighted by atomic mass is 9.99. The van der Waals surface area contributed by atoms with Crippen molar-refractivity contribution in [2.24, 2.45) is 18.9 Å². The Hall–Kier alpha value is -2.49. The third-order valence-electron chi connectivity index (χ3n) is 7.12. The van der Waals surface area contributed by atoms with Crippen LogP contribution in [0.5, 0.6) is 0 Å². The largest absolute Gasteiger partial charge is 0.444 e. The molecule has 5 rings (SSSR count). The number of amides is 2. The Morgan fingerprint density at radius 1 is 1.00 bits per heavy atom. The van der Waals surface area contributed by atoms with E-state index in [9.17, 15) is 14.9 Å². The number of nitriles is 1. The number of fused-ring (bicyclic) bond motifs is 2. The summed E-state index contributed by atoms with van der Waals surface area (Å²) >= 11 is 1.03. The predicted octanol–water partition coefficient (Wildman–Crippen LogP) is 4.04. The Bertz CT molecular complexity index is 1080. The first-order valence-corrected chi connectivity index (χ1v) is 13.8. The Labute approximate surface area is 229 Å². The highest BCUT2D eigenvalue weighted by Crippen LogP contribution is 2.62. The highest BCUT2D eigenvalue weighted by molar-refractivity contribution is 7.90. The van der Waals surface area contributed by atoms with E-state index in [1.54, 1.807) is 14.5 Å². The van der Waals surface area contributed by atoms with E-state index in [0.717, 1.165) is 30.9 Å². The zero-order valence-corrected chi connectivity index (χ0v) is 24.1. The molecule has 0 spiro atoms. The first-order valence-electron chi connectivity index (χ1n) is 13.1. The molecule has 5 unspecified atom stereocenters. The van der Waals surface area contributed by atoms with Gasteiger partial charge in [-0.05, 0) is 66.4 Å². The molecule has 5 atom stereocenters. The summed E-state index contributed by atoms with van der Waals surface area (Å²) in [7, 11) is 1.85. The maximum absolute atomic E-state index is 12.2. The minimum atomic E-state index is -0.530. The normalized spacial score (nSPS) is 30.3. The van der Waals surface area contributed by atoms with Crippen molar-refractivity contribution in [1.82, 2.24) is 19.6 Å². The summed E-state index contributed by atoms with van der Waals surface area (Å²) in [6.45, 7) is 13.6. The lowest BCUT2D eigenvalue weighted by Crippen LogP contribution is -2.49. The van der Waals surface area contributed by atoms with Crippen LogP contribution in [0.25, 0.3) is 0 Å². The minimum absolute atomic E-state index is 0.0220. The van der Waals surface area contributed by atoms with Crippen molar-refractivity contribution < 1.29 is 27.4 Å². The van der Waals surface area contributed by atoms with E-state index in [1.165, 1.54) is 0 Å². The molecule has 3 saturated heterocycles. The fraction of sp³-hybridized carbons (Fsp3) is 0.769. The van der Waals surface area contributed by atoms with Crippen LogP contribution in [0.1, 0.15) is 60.1 Å². The van der Waals surface area contributed by atoms with E-state index in [0.29, 0.717) is 32.1 Å². The maximum atomic E-state index is 12.2. The van der Waals surface area contributed by atoms with Crippen molar-refractivity contribution in [3.63, 3.8) is 0 Å². The summed E-state index contributed by atoms with van der Waals surface area (Å²) in [5, 5.41) is 14.2. The van der Waals surface area contributed by atoms with Gasteiger partial charge in [0.25, 0.3) is 0 Å². The molecular formula is C26H39N5O6S. The maximum Gasteiger partial charge on any atom is 0.410 e. The Kier molecular flexibility index (Phi) is 7.94. The summed E-state index contributed by atoms with van der Waals surface area (Å²) in [5.74, 6) is 0.458. The molecule has 1 aliphatic carbocycles. The van der Waals surface area contributed by atoms with Crippen molar-refractivity contribution in [2.45, 2.75) is 83.2 Å². The van der Waals surface area contributed by atoms with Crippen LogP contribution in [0.15, 0.2) is 12.3 Å².